The van der Waals surface area contributed by atoms with E-state index in [2.05, 4.69) is 6.07 Å². The van der Waals surface area contributed by atoms with Gasteiger partial charge in [-0.15, -0.1) is 0 Å². The third kappa shape index (κ3) is 3.88. The van der Waals surface area contributed by atoms with Gasteiger partial charge in [-0.2, -0.15) is 0 Å². The molecule has 0 spiro atoms. The second-order valence-corrected chi connectivity index (χ2v) is 6.24. The van der Waals surface area contributed by atoms with Gasteiger partial charge in [0.1, 0.15) is 0 Å². The van der Waals surface area contributed by atoms with Crippen LogP contribution in [0.5, 0.6) is 0 Å². The van der Waals surface area contributed by atoms with Crippen LogP contribution in [-0.2, 0) is 12.8 Å². The van der Waals surface area contributed by atoms with E-state index in [1.807, 2.05) is 24.1 Å². The maximum Gasteiger partial charge on any atom is 0.176 e. The molecule has 104 valence electrons. The Kier molecular flexibility index (Phi) is 4.07. The van der Waals surface area contributed by atoms with Gasteiger partial charge < -0.3 is 5.11 Å². The monoisotopic (exact) mass is 261 g/mol. The molecule has 1 N–H and O–H groups in total. The van der Waals surface area contributed by atoms with Crippen LogP contribution in [0.3, 0.4) is 0 Å². The van der Waals surface area contributed by atoms with E-state index < -0.39 is 5.60 Å². The molecule has 0 atom stereocenters. The van der Waals surface area contributed by atoms with E-state index in [9.17, 15) is 9.90 Å². The van der Waals surface area contributed by atoms with Crippen LogP contribution in [0.15, 0.2) is 18.2 Å². The van der Waals surface area contributed by atoms with Gasteiger partial charge in [0, 0.05) is 12.1 Å². The van der Waals surface area contributed by atoms with Crippen LogP contribution < -0.4 is 0 Å². The quantitative estimate of drug-likeness (QED) is 0.825. The zero-order valence-corrected chi connectivity index (χ0v) is 12.1. The Labute approximate surface area is 115 Å². The van der Waals surface area contributed by atoms with Crippen molar-refractivity contribution in [2.45, 2.75) is 38.7 Å². The standard InChI is InChI=1S/C16H23NO2/c1-16(2,19)11-17(3)10-15(18)14-8-7-12-5-4-6-13(12)9-14/h7-9,19H,4-6,10-11H2,1-3H3. The van der Waals surface area contributed by atoms with E-state index in [1.165, 1.54) is 17.5 Å². The molecule has 0 fully saturated rings. The highest BCUT2D eigenvalue weighted by Gasteiger charge is 2.19. The molecular weight excluding hydrogens is 238 g/mol. The molecule has 0 saturated heterocycles. The Morgan fingerprint density at radius 3 is 2.68 bits per heavy atom. The van der Waals surface area contributed by atoms with Crippen molar-refractivity contribution in [3.8, 4) is 0 Å². The van der Waals surface area contributed by atoms with Gasteiger partial charge in [-0.05, 0) is 57.4 Å². The van der Waals surface area contributed by atoms with Crippen molar-refractivity contribution in [2.24, 2.45) is 0 Å². The Balaban J connectivity index is 2.00. The molecule has 0 aliphatic heterocycles. The predicted molar refractivity (Wildman–Crippen MR) is 76.6 cm³/mol. The van der Waals surface area contributed by atoms with Crippen LogP contribution in [0.2, 0.25) is 0 Å². The molecule has 1 aromatic carbocycles. The third-order valence-corrected chi connectivity index (χ3v) is 3.49. The molecule has 1 aliphatic rings. The van der Waals surface area contributed by atoms with Crippen molar-refractivity contribution >= 4 is 5.78 Å². The lowest BCUT2D eigenvalue weighted by atomic mass is 10.0. The SMILES string of the molecule is CN(CC(=O)c1ccc2c(c1)CCC2)CC(C)(C)O. The summed E-state index contributed by atoms with van der Waals surface area (Å²) in [5, 5.41) is 9.75. The number of rotatable bonds is 5. The number of fused-ring (bicyclic) bond motifs is 1. The number of Topliss-reactive ketones (excluding diaryl/α,β-unsaturated/α-hetero) is 1. The summed E-state index contributed by atoms with van der Waals surface area (Å²) in [6, 6.07) is 6.07. The summed E-state index contributed by atoms with van der Waals surface area (Å²) in [4.78, 5) is 14.1. The van der Waals surface area contributed by atoms with E-state index in [1.54, 1.807) is 13.8 Å². The second-order valence-electron chi connectivity index (χ2n) is 6.24. The average Bonchev–Trinajstić information content (AvgIpc) is 2.72. The van der Waals surface area contributed by atoms with Crippen molar-refractivity contribution in [3.05, 3.63) is 34.9 Å². The molecule has 0 saturated carbocycles. The Morgan fingerprint density at radius 2 is 2.00 bits per heavy atom. The molecule has 0 unspecified atom stereocenters. The van der Waals surface area contributed by atoms with E-state index in [0.29, 0.717) is 13.1 Å². The van der Waals surface area contributed by atoms with Gasteiger partial charge in [0.2, 0.25) is 0 Å². The van der Waals surface area contributed by atoms with Crippen LogP contribution in [0, 0.1) is 0 Å². The summed E-state index contributed by atoms with van der Waals surface area (Å²) in [6.07, 6.45) is 3.43. The first kappa shape index (κ1) is 14.2. The van der Waals surface area contributed by atoms with Gasteiger partial charge in [-0.25, -0.2) is 0 Å². The summed E-state index contributed by atoms with van der Waals surface area (Å²) in [7, 11) is 1.86. The molecule has 0 radical (unpaired) electrons. The molecular formula is C16H23NO2. The van der Waals surface area contributed by atoms with Crippen LogP contribution in [0.4, 0.5) is 0 Å². The van der Waals surface area contributed by atoms with E-state index in [4.69, 9.17) is 0 Å². The fourth-order valence-electron chi connectivity index (χ4n) is 2.80. The largest absolute Gasteiger partial charge is 0.389 e. The van der Waals surface area contributed by atoms with Gasteiger partial charge in [-0.3, -0.25) is 9.69 Å². The van der Waals surface area contributed by atoms with Crippen LogP contribution >= 0.6 is 0 Å². The minimum Gasteiger partial charge on any atom is -0.389 e. The number of hydrogen-bond donors (Lipinski definition) is 1. The molecule has 19 heavy (non-hydrogen) atoms. The lowest BCUT2D eigenvalue weighted by Gasteiger charge is -2.24. The molecule has 0 heterocycles. The van der Waals surface area contributed by atoms with E-state index in [0.717, 1.165) is 18.4 Å². The highest BCUT2D eigenvalue weighted by molar-refractivity contribution is 5.97. The third-order valence-electron chi connectivity index (χ3n) is 3.49. The van der Waals surface area contributed by atoms with Crippen LogP contribution in [-0.4, -0.2) is 41.5 Å². The van der Waals surface area contributed by atoms with Gasteiger partial charge in [0.25, 0.3) is 0 Å². The fourth-order valence-corrected chi connectivity index (χ4v) is 2.80. The number of ketones is 1. The maximum atomic E-state index is 12.2. The van der Waals surface area contributed by atoms with Crippen molar-refractivity contribution in [1.82, 2.24) is 4.90 Å². The molecule has 0 amide bonds. The molecule has 1 aliphatic carbocycles. The number of carbonyl (C=O) groups excluding carboxylic acids is 1. The molecule has 3 nitrogen and oxygen atoms in total. The van der Waals surface area contributed by atoms with Crippen LogP contribution in [0.25, 0.3) is 0 Å². The predicted octanol–water partition coefficient (Wildman–Crippen LogP) is 2.06. The number of likely N-dealkylation sites (N-methyl/N-ethyl adjacent to an activating group) is 1. The first-order valence-electron chi connectivity index (χ1n) is 6.91. The number of aliphatic hydroxyl groups is 1. The number of aryl methyl sites for hydroxylation is 2. The Morgan fingerprint density at radius 1 is 1.32 bits per heavy atom. The normalized spacial score (nSPS) is 14.8. The summed E-state index contributed by atoms with van der Waals surface area (Å²) >= 11 is 0. The number of carbonyl (C=O) groups is 1. The summed E-state index contributed by atoms with van der Waals surface area (Å²) in [5.41, 5.74) is 2.74. The van der Waals surface area contributed by atoms with Gasteiger partial charge in [0.15, 0.2) is 5.78 Å². The van der Waals surface area contributed by atoms with Crippen molar-refractivity contribution in [2.75, 3.05) is 20.1 Å². The van der Waals surface area contributed by atoms with Crippen molar-refractivity contribution < 1.29 is 9.90 Å². The maximum absolute atomic E-state index is 12.2. The van der Waals surface area contributed by atoms with Gasteiger partial charge >= 0.3 is 0 Å². The summed E-state index contributed by atoms with van der Waals surface area (Å²) < 4.78 is 0. The molecule has 1 aromatic rings. The number of nitrogens with zero attached hydrogens (tertiary/aromatic N) is 1. The number of benzene rings is 1. The summed E-state index contributed by atoms with van der Waals surface area (Å²) in [6.45, 7) is 4.35. The van der Waals surface area contributed by atoms with Gasteiger partial charge in [-0.1, -0.05) is 12.1 Å². The lowest BCUT2D eigenvalue weighted by Crippen LogP contribution is -2.38. The average molecular weight is 261 g/mol. The van der Waals surface area contributed by atoms with E-state index in [-0.39, 0.29) is 5.78 Å². The highest BCUT2D eigenvalue weighted by Crippen LogP contribution is 2.23. The first-order chi connectivity index (χ1) is 8.85. The van der Waals surface area contributed by atoms with Crippen molar-refractivity contribution in [1.29, 1.82) is 0 Å². The zero-order chi connectivity index (χ0) is 14.0. The summed E-state index contributed by atoms with van der Waals surface area (Å²) in [5.74, 6) is 0.126. The zero-order valence-electron chi connectivity index (χ0n) is 12.1. The lowest BCUT2D eigenvalue weighted by molar-refractivity contribution is 0.0439. The first-order valence-corrected chi connectivity index (χ1v) is 6.91. The highest BCUT2D eigenvalue weighted by atomic mass is 16.3. The minimum atomic E-state index is -0.771. The molecule has 3 heteroatoms. The molecule has 2 rings (SSSR count). The van der Waals surface area contributed by atoms with Crippen LogP contribution in [0.1, 0.15) is 41.8 Å². The fraction of sp³-hybridized carbons (Fsp3) is 0.562. The number of hydrogen-bond acceptors (Lipinski definition) is 3. The van der Waals surface area contributed by atoms with Gasteiger partial charge in [0.05, 0.1) is 12.1 Å². The second kappa shape index (κ2) is 5.43. The van der Waals surface area contributed by atoms with E-state index >= 15 is 0 Å². The minimum absolute atomic E-state index is 0.126. The molecule has 0 aromatic heterocycles. The molecule has 0 bridgehead atoms. The smallest absolute Gasteiger partial charge is 0.176 e. The Bertz CT molecular complexity index is 474. The Hall–Kier alpha value is -1.19. The van der Waals surface area contributed by atoms with Crippen molar-refractivity contribution in [3.63, 3.8) is 0 Å². The topological polar surface area (TPSA) is 40.5 Å².